The summed E-state index contributed by atoms with van der Waals surface area (Å²) in [6, 6.07) is 8.41. The first-order valence-corrected chi connectivity index (χ1v) is 10.1. The minimum Gasteiger partial charge on any atom is -0.294 e. The Morgan fingerprint density at radius 3 is 2.96 bits per heavy atom. The number of hydrogen-bond donors (Lipinski definition) is 0. The number of unbranched alkanes of at least 4 members (excludes halogenated alkanes) is 1. The van der Waals surface area contributed by atoms with Crippen molar-refractivity contribution in [3.63, 3.8) is 0 Å². The summed E-state index contributed by atoms with van der Waals surface area (Å²) in [5.41, 5.74) is 3.97. The van der Waals surface area contributed by atoms with Crippen molar-refractivity contribution in [2.45, 2.75) is 50.6 Å². The first-order chi connectivity index (χ1) is 12.6. The molecule has 1 aliphatic rings. The van der Waals surface area contributed by atoms with E-state index in [0.29, 0.717) is 17.8 Å². The van der Waals surface area contributed by atoms with Gasteiger partial charge in [-0.1, -0.05) is 54.9 Å². The van der Waals surface area contributed by atoms with Crippen LogP contribution in [0.4, 0.5) is 0 Å². The van der Waals surface area contributed by atoms with Gasteiger partial charge in [0.05, 0.1) is 11.3 Å². The van der Waals surface area contributed by atoms with E-state index >= 15 is 0 Å². The largest absolute Gasteiger partial charge is 0.294 e. The standard InChI is InChI=1S/C20H22N4OS/c1-3-4-8-26-20-22-19-21-17-10-15(14-7-5-6-13(2)9-14)11-18(25)16(17)12-24(19)23-20/h5-7,9,12,15H,3-4,8,10-11H2,1-2H3. The number of nitrogens with zero attached hydrogens (tertiary/aromatic N) is 4. The van der Waals surface area contributed by atoms with E-state index < -0.39 is 0 Å². The summed E-state index contributed by atoms with van der Waals surface area (Å²) < 4.78 is 1.65. The minimum atomic E-state index is 0.142. The highest BCUT2D eigenvalue weighted by Gasteiger charge is 2.28. The van der Waals surface area contributed by atoms with Crippen molar-refractivity contribution in [2.24, 2.45) is 0 Å². The van der Waals surface area contributed by atoms with Gasteiger partial charge in [-0.2, -0.15) is 4.98 Å². The Bertz CT molecular complexity index is 966. The summed E-state index contributed by atoms with van der Waals surface area (Å²) in [4.78, 5) is 21.9. The van der Waals surface area contributed by atoms with Gasteiger partial charge in [0.25, 0.3) is 5.78 Å². The summed E-state index contributed by atoms with van der Waals surface area (Å²) in [5, 5.41) is 5.20. The van der Waals surface area contributed by atoms with Crippen LogP contribution >= 0.6 is 11.8 Å². The Labute approximate surface area is 157 Å². The Hall–Kier alpha value is -2.21. The van der Waals surface area contributed by atoms with Gasteiger partial charge in [0.15, 0.2) is 5.78 Å². The van der Waals surface area contributed by atoms with Crippen molar-refractivity contribution in [3.8, 4) is 0 Å². The second kappa shape index (κ2) is 7.19. The van der Waals surface area contributed by atoms with Gasteiger partial charge < -0.3 is 0 Å². The smallest absolute Gasteiger partial charge is 0.253 e. The fourth-order valence-corrected chi connectivity index (χ4v) is 4.30. The molecule has 0 saturated carbocycles. The molecule has 1 aliphatic carbocycles. The number of thioether (sulfide) groups is 1. The number of aromatic nitrogens is 4. The van der Waals surface area contributed by atoms with Gasteiger partial charge in [-0.3, -0.25) is 4.79 Å². The highest BCUT2D eigenvalue weighted by molar-refractivity contribution is 7.99. The summed E-state index contributed by atoms with van der Waals surface area (Å²) >= 11 is 1.65. The van der Waals surface area contributed by atoms with Crippen LogP contribution in [0, 0.1) is 6.92 Å². The fourth-order valence-electron chi connectivity index (χ4n) is 3.39. The maximum Gasteiger partial charge on any atom is 0.253 e. The molecule has 0 fully saturated rings. The molecule has 0 aliphatic heterocycles. The first-order valence-electron chi connectivity index (χ1n) is 9.13. The van der Waals surface area contributed by atoms with Crippen LogP contribution in [0.15, 0.2) is 35.6 Å². The van der Waals surface area contributed by atoms with E-state index in [1.165, 1.54) is 11.1 Å². The van der Waals surface area contributed by atoms with E-state index in [2.05, 4.69) is 53.2 Å². The summed E-state index contributed by atoms with van der Waals surface area (Å²) in [6.07, 6.45) is 5.40. The lowest BCUT2D eigenvalue weighted by molar-refractivity contribution is 0.0962. The van der Waals surface area contributed by atoms with Gasteiger partial charge in [-0.15, -0.1) is 5.10 Å². The lowest BCUT2D eigenvalue weighted by Gasteiger charge is -2.23. The normalized spacial score (nSPS) is 16.8. The SMILES string of the molecule is CCCCSc1nc2nc3c(cn2n1)C(=O)CC(c1cccc(C)c1)C3. The van der Waals surface area contributed by atoms with Crippen molar-refractivity contribution >= 4 is 23.3 Å². The van der Waals surface area contributed by atoms with Crippen molar-refractivity contribution in [2.75, 3.05) is 5.75 Å². The molecule has 2 aromatic heterocycles. The first kappa shape index (κ1) is 17.2. The van der Waals surface area contributed by atoms with Crippen LogP contribution in [-0.4, -0.2) is 31.1 Å². The minimum absolute atomic E-state index is 0.142. The lowest BCUT2D eigenvalue weighted by Crippen LogP contribution is -2.21. The maximum atomic E-state index is 12.7. The third-order valence-corrected chi connectivity index (χ3v) is 5.73. The van der Waals surface area contributed by atoms with Crippen LogP contribution in [0.2, 0.25) is 0 Å². The molecule has 0 N–H and O–H groups in total. The van der Waals surface area contributed by atoms with Gasteiger partial charge in [-0.05, 0) is 31.2 Å². The number of benzene rings is 1. The Morgan fingerprint density at radius 1 is 1.27 bits per heavy atom. The van der Waals surface area contributed by atoms with Crippen molar-refractivity contribution in [1.82, 2.24) is 19.6 Å². The fraction of sp³-hybridized carbons (Fsp3) is 0.400. The molecular formula is C20H22N4OS. The average Bonchev–Trinajstić information content (AvgIpc) is 3.02. The number of aryl methyl sites for hydroxylation is 1. The number of Topliss-reactive ketones (excluding diaryl/α,β-unsaturated/α-hetero) is 1. The molecule has 134 valence electrons. The van der Waals surface area contributed by atoms with Crippen molar-refractivity contribution in [3.05, 3.63) is 52.8 Å². The molecule has 0 bridgehead atoms. The zero-order chi connectivity index (χ0) is 18.1. The molecule has 3 aromatic rings. The predicted octanol–water partition coefficient (Wildman–Crippen LogP) is 4.24. The van der Waals surface area contributed by atoms with E-state index in [9.17, 15) is 4.79 Å². The molecule has 0 spiro atoms. The van der Waals surface area contributed by atoms with E-state index in [-0.39, 0.29) is 11.7 Å². The number of carbonyl (C=O) groups is 1. The van der Waals surface area contributed by atoms with Crippen LogP contribution in [0.3, 0.4) is 0 Å². The third kappa shape index (κ3) is 3.38. The van der Waals surface area contributed by atoms with Gasteiger partial charge in [-0.25, -0.2) is 9.50 Å². The van der Waals surface area contributed by atoms with E-state index in [1.807, 2.05) is 6.20 Å². The number of carbonyl (C=O) groups excluding carboxylic acids is 1. The second-order valence-electron chi connectivity index (χ2n) is 6.88. The van der Waals surface area contributed by atoms with E-state index in [1.54, 1.807) is 16.3 Å². The summed E-state index contributed by atoms with van der Waals surface area (Å²) in [7, 11) is 0. The predicted molar refractivity (Wildman–Crippen MR) is 103 cm³/mol. The summed E-state index contributed by atoms with van der Waals surface area (Å²) in [6.45, 7) is 4.25. The highest BCUT2D eigenvalue weighted by atomic mass is 32.2. The molecule has 1 atom stereocenters. The Morgan fingerprint density at radius 2 is 2.15 bits per heavy atom. The monoisotopic (exact) mass is 366 g/mol. The quantitative estimate of drug-likeness (QED) is 0.499. The molecule has 4 rings (SSSR count). The molecule has 1 unspecified atom stereocenters. The Kier molecular flexibility index (Phi) is 4.76. The summed E-state index contributed by atoms with van der Waals surface area (Å²) in [5.74, 6) is 1.91. The molecule has 5 nitrogen and oxygen atoms in total. The van der Waals surface area contributed by atoms with Crippen LogP contribution in [0.5, 0.6) is 0 Å². The second-order valence-corrected chi connectivity index (χ2v) is 7.95. The molecule has 1 aromatic carbocycles. The van der Waals surface area contributed by atoms with Crippen LogP contribution in [-0.2, 0) is 6.42 Å². The maximum absolute atomic E-state index is 12.7. The number of ketones is 1. The molecule has 0 saturated heterocycles. The van der Waals surface area contributed by atoms with Crippen LogP contribution in [0.1, 0.15) is 59.3 Å². The van der Waals surface area contributed by atoms with Crippen molar-refractivity contribution < 1.29 is 4.79 Å². The van der Waals surface area contributed by atoms with Crippen molar-refractivity contribution in [1.29, 1.82) is 0 Å². The van der Waals surface area contributed by atoms with E-state index in [0.717, 1.165) is 35.9 Å². The highest BCUT2D eigenvalue weighted by Crippen LogP contribution is 2.32. The molecule has 6 heteroatoms. The van der Waals surface area contributed by atoms with Gasteiger partial charge >= 0.3 is 0 Å². The zero-order valence-corrected chi connectivity index (χ0v) is 15.9. The molecule has 0 amide bonds. The molecule has 2 heterocycles. The lowest BCUT2D eigenvalue weighted by atomic mass is 9.82. The number of rotatable bonds is 5. The number of fused-ring (bicyclic) bond motifs is 2. The molecular weight excluding hydrogens is 344 g/mol. The Balaban J connectivity index is 1.64. The average molecular weight is 366 g/mol. The molecule has 0 radical (unpaired) electrons. The van der Waals surface area contributed by atoms with Gasteiger partial charge in [0, 0.05) is 18.4 Å². The topological polar surface area (TPSA) is 60.1 Å². The van der Waals surface area contributed by atoms with E-state index in [4.69, 9.17) is 0 Å². The number of hydrogen-bond acceptors (Lipinski definition) is 5. The van der Waals surface area contributed by atoms with Gasteiger partial charge in [0.2, 0.25) is 5.16 Å². The van der Waals surface area contributed by atoms with Crippen LogP contribution < -0.4 is 0 Å². The van der Waals surface area contributed by atoms with Gasteiger partial charge in [0.1, 0.15) is 0 Å². The third-order valence-electron chi connectivity index (χ3n) is 4.81. The molecule has 26 heavy (non-hydrogen) atoms. The van der Waals surface area contributed by atoms with Crippen LogP contribution in [0.25, 0.3) is 5.78 Å². The zero-order valence-electron chi connectivity index (χ0n) is 15.1.